The van der Waals surface area contributed by atoms with Crippen LogP contribution in [0, 0.1) is 5.82 Å². The summed E-state index contributed by atoms with van der Waals surface area (Å²) in [7, 11) is 3.51. The van der Waals surface area contributed by atoms with Crippen LogP contribution in [-0.4, -0.2) is 20.7 Å². The van der Waals surface area contributed by atoms with Crippen LogP contribution in [0.2, 0.25) is 0 Å². The van der Waals surface area contributed by atoms with Crippen LogP contribution in [0.4, 0.5) is 4.39 Å². The predicted octanol–water partition coefficient (Wildman–Crippen LogP) is 2.55. The van der Waals surface area contributed by atoms with Crippen LogP contribution in [0.15, 0.2) is 18.2 Å². The van der Waals surface area contributed by atoms with Gasteiger partial charge in [-0.25, -0.2) is 4.39 Å². The van der Waals surface area contributed by atoms with Crippen molar-refractivity contribution in [3.8, 4) is 5.75 Å². The Morgan fingerprint density at radius 3 is 2.73 bits per heavy atom. The standard InChI is InChI=1S/C12H18FNO/c1-4-9(8-14-2)11-7-10(13)5-6-12(11)15-3/h5-7,9,14H,4,8H2,1-3H3. The average molecular weight is 211 g/mol. The van der Waals surface area contributed by atoms with Gasteiger partial charge in [0.25, 0.3) is 0 Å². The average Bonchev–Trinajstić information content (AvgIpc) is 2.26. The SMILES string of the molecule is CCC(CNC)c1cc(F)ccc1OC. The van der Waals surface area contributed by atoms with Gasteiger partial charge in [0.1, 0.15) is 11.6 Å². The first-order valence-corrected chi connectivity index (χ1v) is 5.21. The Labute approximate surface area is 90.4 Å². The van der Waals surface area contributed by atoms with E-state index < -0.39 is 0 Å². The summed E-state index contributed by atoms with van der Waals surface area (Å²) in [6.07, 6.45) is 0.959. The number of rotatable bonds is 5. The summed E-state index contributed by atoms with van der Waals surface area (Å²) in [5, 5.41) is 3.11. The molecule has 2 nitrogen and oxygen atoms in total. The van der Waals surface area contributed by atoms with Gasteiger partial charge in [-0.05, 0) is 37.6 Å². The van der Waals surface area contributed by atoms with E-state index in [1.165, 1.54) is 6.07 Å². The molecule has 3 heteroatoms. The van der Waals surface area contributed by atoms with Gasteiger partial charge in [0.05, 0.1) is 7.11 Å². The van der Waals surface area contributed by atoms with E-state index in [4.69, 9.17) is 4.74 Å². The van der Waals surface area contributed by atoms with Gasteiger partial charge < -0.3 is 10.1 Å². The molecule has 1 N–H and O–H groups in total. The molecular formula is C12H18FNO. The molecule has 1 aromatic rings. The number of ether oxygens (including phenoxy) is 1. The molecule has 0 fully saturated rings. The monoisotopic (exact) mass is 211 g/mol. The highest BCUT2D eigenvalue weighted by Gasteiger charge is 2.14. The van der Waals surface area contributed by atoms with Gasteiger partial charge in [-0.2, -0.15) is 0 Å². The largest absolute Gasteiger partial charge is 0.496 e. The van der Waals surface area contributed by atoms with Crippen LogP contribution in [0.1, 0.15) is 24.8 Å². The first-order valence-electron chi connectivity index (χ1n) is 5.21. The van der Waals surface area contributed by atoms with Crippen molar-refractivity contribution in [2.45, 2.75) is 19.3 Å². The van der Waals surface area contributed by atoms with Crippen molar-refractivity contribution in [1.82, 2.24) is 5.32 Å². The second kappa shape index (κ2) is 5.71. The molecule has 0 aliphatic carbocycles. The molecule has 1 unspecified atom stereocenters. The van der Waals surface area contributed by atoms with Gasteiger partial charge in [0.2, 0.25) is 0 Å². The molecule has 1 atom stereocenters. The van der Waals surface area contributed by atoms with Crippen LogP contribution in [0.5, 0.6) is 5.75 Å². The van der Waals surface area contributed by atoms with E-state index >= 15 is 0 Å². The fourth-order valence-electron chi connectivity index (χ4n) is 1.74. The first-order chi connectivity index (χ1) is 7.22. The molecule has 15 heavy (non-hydrogen) atoms. The van der Waals surface area contributed by atoms with Gasteiger partial charge in [-0.1, -0.05) is 6.92 Å². The molecule has 0 amide bonds. The number of methoxy groups -OCH3 is 1. The molecule has 0 aromatic heterocycles. The predicted molar refractivity (Wildman–Crippen MR) is 59.9 cm³/mol. The fraction of sp³-hybridized carbons (Fsp3) is 0.500. The van der Waals surface area contributed by atoms with Crippen LogP contribution < -0.4 is 10.1 Å². The third-order valence-electron chi connectivity index (χ3n) is 2.57. The maximum Gasteiger partial charge on any atom is 0.123 e. The van der Waals surface area contributed by atoms with E-state index in [9.17, 15) is 4.39 Å². The third-order valence-corrected chi connectivity index (χ3v) is 2.57. The number of hydrogen-bond acceptors (Lipinski definition) is 2. The Bertz CT molecular complexity index is 314. The maximum absolute atomic E-state index is 13.1. The number of likely N-dealkylation sites (N-methyl/N-ethyl adjacent to an activating group) is 1. The number of benzene rings is 1. The van der Waals surface area contributed by atoms with Crippen molar-refractivity contribution in [1.29, 1.82) is 0 Å². The van der Waals surface area contributed by atoms with E-state index in [-0.39, 0.29) is 5.82 Å². The molecule has 0 bridgehead atoms. The summed E-state index contributed by atoms with van der Waals surface area (Å²) < 4.78 is 18.4. The first kappa shape index (κ1) is 12.0. The van der Waals surface area contributed by atoms with E-state index in [1.807, 2.05) is 7.05 Å². The quantitative estimate of drug-likeness (QED) is 0.808. The van der Waals surface area contributed by atoms with Crippen molar-refractivity contribution >= 4 is 0 Å². The molecule has 0 aliphatic heterocycles. The molecule has 0 saturated carbocycles. The van der Waals surface area contributed by atoms with Crippen molar-refractivity contribution in [3.63, 3.8) is 0 Å². The number of halogens is 1. The lowest BCUT2D eigenvalue weighted by Gasteiger charge is -2.17. The smallest absolute Gasteiger partial charge is 0.123 e. The molecule has 1 aromatic carbocycles. The molecular weight excluding hydrogens is 193 g/mol. The zero-order valence-electron chi connectivity index (χ0n) is 9.51. The minimum Gasteiger partial charge on any atom is -0.496 e. The van der Waals surface area contributed by atoms with Crippen LogP contribution in [-0.2, 0) is 0 Å². The lowest BCUT2D eigenvalue weighted by Crippen LogP contribution is -2.17. The Kier molecular flexibility index (Phi) is 4.56. The summed E-state index contributed by atoms with van der Waals surface area (Å²) in [6.45, 7) is 2.92. The Morgan fingerprint density at radius 2 is 2.20 bits per heavy atom. The summed E-state index contributed by atoms with van der Waals surface area (Å²) >= 11 is 0. The summed E-state index contributed by atoms with van der Waals surface area (Å²) in [6, 6.07) is 4.67. The van der Waals surface area contributed by atoms with Crippen LogP contribution in [0.25, 0.3) is 0 Å². The molecule has 84 valence electrons. The molecule has 0 spiro atoms. The lowest BCUT2D eigenvalue weighted by atomic mass is 9.95. The Morgan fingerprint density at radius 1 is 1.47 bits per heavy atom. The van der Waals surface area contributed by atoms with Crippen molar-refractivity contribution in [2.75, 3.05) is 20.7 Å². The normalized spacial score (nSPS) is 12.5. The van der Waals surface area contributed by atoms with E-state index in [2.05, 4.69) is 12.2 Å². The highest BCUT2D eigenvalue weighted by molar-refractivity contribution is 5.37. The third kappa shape index (κ3) is 2.93. The van der Waals surface area contributed by atoms with Crippen LogP contribution in [0.3, 0.4) is 0 Å². The number of nitrogens with one attached hydrogen (secondary N) is 1. The zero-order valence-corrected chi connectivity index (χ0v) is 9.51. The molecule has 0 saturated heterocycles. The molecule has 0 radical (unpaired) electrons. The van der Waals surface area contributed by atoms with Gasteiger partial charge in [-0.15, -0.1) is 0 Å². The van der Waals surface area contributed by atoms with E-state index in [1.54, 1.807) is 19.2 Å². The second-order valence-electron chi connectivity index (χ2n) is 3.55. The summed E-state index contributed by atoms with van der Waals surface area (Å²) in [4.78, 5) is 0. The van der Waals surface area contributed by atoms with Gasteiger partial charge in [-0.3, -0.25) is 0 Å². The van der Waals surface area contributed by atoms with Crippen molar-refractivity contribution in [3.05, 3.63) is 29.6 Å². The Balaban J connectivity index is 3.02. The molecule has 0 heterocycles. The van der Waals surface area contributed by atoms with E-state index in [0.717, 1.165) is 24.3 Å². The van der Waals surface area contributed by atoms with E-state index in [0.29, 0.717) is 5.92 Å². The van der Waals surface area contributed by atoms with Gasteiger partial charge in [0, 0.05) is 12.1 Å². The summed E-state index contributed by atoms with van der Waals surface area (Å²) in [5.74, 6) is 0.847. The van der Waals surface area contributed by atoms with Crippen molar-refractivity contribution in [2.24, 2.45) is 0 Å². The van der Waals surface area contributed by atoms with Crippen molar-refractivity contribution < 1.29 is 9.13 Å². The minimum atomic E-state index is -0.208. The topological polar surface area (TPSA) is 21.3 Å². The van der Waals surface area contributed by atoms with Crippen LogP contribution >= 0.6 is 0 Å². The Hall–Kier alpha value is -1.09. The molecule has 0 aliphatic rings. The maximum atomic E-state index is 13.1. The fourth-order valence-corrected chi connectivity index (χ4v) is 1.74. The second-order valence-corrected chi connectivity index (χ2v) is 3.55. The van der Waals surface area contributed by atoms with Gasteiger partial charge >= 0.3 is 0 Å². The molecule has 1 rings (SSSR count). The number of hydrogen-bond donors (Lipinski definition) is 1. The minimum absolute atomic E-state index is 0.208. The highest BCUT2D eigenvalue weighted by Crippen LogP contribution is 2.29. The lowest BCUT2D eigenvalue weighted by molar-refractivity contribution is 0.402. The highest BCUT2D eigenvalue weighted by atomic mass is 19.1. The van der Waals surface area contributed by atoms with Gasteiger partial charge in [0.15, 0.2) is 0 Å². The zero-order chi connectivity index (χ0) is 11.3. The summed E-state index contributed by atoms with van der Waals surface area (Å²) in [5.41, 5.74) is 0.939.